The van der Waals surface area contributed by atoms with Crippen molar-refractivity contribution < 1.29 is 51.2 Å². The third kappa shape index (κ3) is 8.02. The Morgan fingerprint density at radius 2 is 1.18 bits per heavy atom. The Balaban J connectivity index is 0.000000145. The van der Waals surface area contributed by atoms with E-state index in [1.165, 1.54) is 30.5 Å². The molecule has 0 bridgehead atoms. The van der Waals surface area contributed by atoms with Crippen LogP contribution in [0.2, 0.25) is 0 Å². The largest absolute Gasteiger partial charge is 0.573 e. The molecule has 8 rings (SSSR count). The molecule has 0 fully saturated rings. The van der Waals surface area contributed by atoms with Crippen LogP contribution in [0.25, 0.3) is 44.8 Å². The predicted octanol–water partition coefficient (Wildman–Crippen LogP) is 6.51. The molecule has 255 valence electrons. The van der Waals surface area contributed by atoms with Crippen LogP contribution in [0.4, 0.5) is 22.0 Å². The number of aromatic nitrogens is 7. The van der Waals surface area contributed by atoms with Gasteiger partial charge in [0.1, 0.15) is 5.69 Å². The van der Waals surface area contributed by atoms with E-state index >= 15 is 0 Å². The van der Waals surface area contributed by atoms with Gasteiger partial charge in [0.15, 0.2) is 0 Å². The third-order valence-corrected chi connectivity index (χ3v) is 7.22. The number of aryl methyl sites for hydroxylation is 2. The van der Waals surface area contributed by atoms with Crippen LogP contribution in [-0.4, -0.2) is 19.2 Å². The number of rotatable bonds is 3. The summed E-state index contributed by atoms with van der Waals surface area (Å²) in [5, 5.41) is 6.47. The van der Waals surface area contributed by atoms with E-state index in [0.717, 1.165) is 39.5 Å². The number of pyridine rings is 1. The molecule has 0 spiro atoms. The summed E-state index contributed by atoms with van der Waals surface area (Å²) >= 11 is 0. The molecule has 0 saturated carbocycles. The summed E-state index contributed by atoms with van der Waals surface area (Å²) in [6.45, 7) is 0. The van der Waals surface area contributed by atoms with Crippen molar-refractivity contribution in [3.8, 4) is 22.8 Å². The molecule has 0 aliphatic rings. The van der Waals surface area contributed by atoms with Crippen LogP contribution in [0.15, 0.2) is 115 Å². The first-order valence-corrected chi connectivity index (χ1v) is 14.7. The molecule has 0 N–H and O–H groups in total. The van der Waals surface area contributed by atoms with E-state index in [2.05, 4.69) is 40.0 Å². The van der Waals surface area contributed by atoms with Crippen LogP contribution in [-0.2, 0) is 40.4 Å². The Morgan fingerprint density at radius 1 is 0.680 bits per heavy atom. The fraction of sp³-hybridized carbons (Fsp3) is 0.0811. The van der Waals surface area contributed by atoms with E-state index in [9.17, 15) is 22.0 Å². The van der Waals surface area contributed by atoms with Crippen molar-refractivity contribution in [3.63, 3.8) is 0 Å². The average molecular weight is 855 g/mol. The number of fused-ring (bicyclic) bond motifs is 2. The number of hydrogen-bond acceptors (Lipinski definition) is 2. The molecule has 4 aromatic heterocycles. The van der Waals surface area contributed by atoms with Gasteiger partial charge in [-0.1, -0.05) is 71.7 Å². The fourth-order valence-electron chi connectivity index (χ4n) is 4.90. The summed E-state index contributed by atoms with van der Waals surface area (Å²) in [6.07, 6.45) is 3.36. The summed E-state index contributed by atoms with van der Waals surface area (Å²) in [7, 11) is 3.87. The number of benzene rings is 4. The van der Waals surface area contributed by atoms with Crippen LogP contribution < -0.4 is 14.2 Å². The van der Waals surface area contributed by atoms with Gasteiger partial charge >= 0.3 is 6.18 Å². The van der Waals surface area contributed by atoms with Crippen LogP contribution in [0.1, 0.15) is 5.69 Å². The second-order valence-electron chi connectivity index (χ2n) is 10.6. The van der Waals surface area contributed by atoms with Gasteiger partial charge in [-0.25, -0.2) is 0 Å². The van der Waals surface area contributed by atoms with E-state index in [1.54, 1.807) is 30.3 Å². The second-order valence-corrected chi connectivity index (χ2v) is 10.6. The fourth-order valence-corrected chi connectivity index (χ4v) is 4.90. The zero-order valence-electron chi connectivity index (χ0n) is 26.3. The zero-order valence-corrected chi connectivity index (χ0v) is 28.7. The molecule has 7 nitrogen and oxygen atoms in total. The molecule has 4 aromatic carbocycles. The minimum absolute atomic E-state index is 0. The van der Waals surface area contributed by atoms with Crippen LogP contribution in [0.5, 0.6) is 0 Å². The minimum Gasteiger partial charge on any atom is -0.573 e. The summed E-state index contributed by atoms with van der Waals surface area (Å²) < 4.78 is 69.9. The summed E-state index contributed by atoms with van der Waals surface area (Å²) in [5.74, 6) is -0.566. The number of imidazole rings is 2. The molecule has 1 radical (unpaired) electrons. The maximum atomic E-state index is 12.9. The molecule has 0 amide bonds. The Kier molecular flexibility index (Phi) is 11.0. The number of nitrogens with zero attached hydrogens (tertiary/aromatic N) is 7. The number of alkyl halides is 3. The first kappa shape index (κ1) is 35.8. The van der Waals surface area contributed by atoms with Gasteiger partial charge in [0.05, 0.1) is 36.2 Å². The first-order valence-electron chi connectivity index (χ1n) is 14.7. The summed E-state index contributed by atoms with van der Waals surface area (Å²) in [6, 6.07) is 36.4. The SMILES string of the molecule is C[n+]1[c-]n(-c2[c-]cc(F)cc2)c2ccccc21.C[n+]1[c-]n(-c2[c-]cc(F)cc2)c2ccccc21.FC(F)(F)c1cc(-c2ccccn2)[n-]n1.[Ir]. The van der Waals surface area contributed by atoms with Crippen molar-refractivity contribution in [2.75, 3.05) is 0 Å². The first-order chi connectivity index (χ1) is 23.6. The monoisotopic (exact) mass is 855 g/mol. The van der Waals surface area contributed by atoms with Crippen molar-refractivity contribution in [2.45, 2.75) is 6.18 Å². The molecule has 0 aliphatic carbocycles. The molecular weight excluding hydrogens is 830 g/mol. The van der Waals surface area contributed by atoms with Crippen LogP contribution in [0, 0.1) is 36.4 Å². The Morgan fingerprint density at radius 3 is 1.60 bits per heavy atom. The molecule has 0 atom stereocenters. The molecule has 50 heavy (non-hydrogen) atoms. The van der Waals surface area contributed by atoms with Gasteiger partial charge in [0.25, 0.3) is 0 Å². The van der Waals surface area contributed by atoms with E-state index < -0.39 is 11.9 Å². The van der Waals surface area contributed by atoms with Crippen molar-refractivity contribution in [2.24, 2.45) is 14.1 Å². The Bertz CT molecular complexity index is 2190. The van der Waals surface area contributed by atoms with Gasteiger partial charge < -0.3 is 28.5 Å². The maximum Gasteiger partial charge on any atom is 0.431 e. The quantitative estimate of drug-likeness (QED) is 0.116. The molecule has 0 unspecified atom stereocenters. The van der Waals surface area contributed by atoms with E-state index in [4.69, 9.17) is 0 Å². The van der Waals surface area contributed by atoms with Gasteiger partial charge in [-0.15, -0.1) is 24.3 Å². The smallest absolute Gasteiger partial charge is 0.431 e. The zero-order chi connectivity index (χ0) is 34.5. The van der Waals surface area contributed by atoms with Crippen LogP contribution in [0.3, 0.4) is 0 Å². The number of hydrogen-bond donors (Lipinski definition) is 0. The molecular formula is C37H25F5IrN7-3. The number of halogens is 5. The normalized spacial score (nSPS) is 10.9. The average Bonchev–Trinajstić information content (AvgIpc) is 3.84. The van der Waals surface area contributed by atoms with Crippen molar-refractivity contribution >= 4 is 22.1 Å². The van der Waals surface area contributed by atoms with Crippen LogP contribution >= 0.6 is 0 Å². The Hall–Kier alpha value is -5.52. The minimum atomic E-state index is -4.46. The standard InChI is InChI=1S/2C14H10FN2.C9H5F3N3.Ir/c2*1-16-10-17(12-8-6-11(15)7-9-12)14-5-3-2-4-13(14)16;10-9(11,12)8-5-7(14-15-8)6-3-1-2-4-13-6;/h2*2-8H,1H3;1-5H;/q3*-1;. The van der Waals surface area contributed by atoms with E-state index in [0.29, 0.717) is 5.69 Å². The second kappa shape index (κ2) is 15.4. The topological polar surface area (TPSA) is 57.5 Å². The Labute approximate surface area is 297 Å². The van der Waals surface area contributed by atoms with Gasteiger partial charge in [0, 0.05) is 43.6 Å². The molecule has 4 heterocycles. The van der Waals surface area contributed by atoms with E-state index in [-0.39, 0.29) is 37.4 Å². The van der Waals surface area contributed by atoms with Crippen molar-refractivity contribution in [1.82, 2.24) is 24.3 Å². The summed E-state index contributed by atoms with van der Waals surface area (Å²) in [4.78, 5) is 3.87. The summed E-state index contributed by atoms with van der Waals surface area (Å²) in [5.41, 5.74) is 5.27. The molecule has 0 aliphatic heterocycles. The molecule has 13 heteroatoms. The van der Waals surface area contributed by atoms with Crippen molar-refractivity contribution in [3.05, 3.63) is 158 Å². The molecule has 8 aromatic rings. The van der Waals surface area contributed by atoms with Gasteiger partial charge in [0.2, 0.25) is 12.7 Å². The third-order valence-electron chi connectivity index (χ3n) is 7.22. The van der Waals surface area contributed by atoms with Gasteiger partial charge in [-0.2, -0.15) is 37.4 Å². The van der Waals surface area contributed by atoms with E-state index in [1.807, 2.05) is 80.9 Å². The predicted molar refractivity (Wildman–Crippen MR) is 170 cm³/mol. The van der Waals surface area contributed by atoms with Gasteiger partial charge in [-0.3, -0.25) is 13.8 Å². The maximum absolute atomic E-state index is 12.9. The van der Waals surface area contributed by atoms with Gasteiger partial charge in [-0.05, 0) is 18.2 Å². The van der Waals surface area contributed by atoms with Crippen molar-refractivity contribution in [1.29, 1.82) is 0 Å². The molecule has 0 saturated heterocycles. The number of para-hydroxylation sites is 4.